The average molecular weight is 1060 g/mol. The second kappa shape index (κ2) is 55.9. The molecule has 8 nitrogen and oxygen atoms in total. The van der Waals surface area contributed by atoms with Crippen molar-refractivity contribution < 1.29 is 32.9 Å². The molecule has 0 spiro atoms. The maximum absolute atomic E-state index is 13.0. The van der Waals surface area contributed by atoms with Crippen LogP contribution in [0, 0.1) is 0 Å². The monoisotopic (exact) mass is 1060 g/mol. The zero-order valence-electron chi connectivity index (χ0n) is 49.5. The first-order valence-electron chi connectivity index (χ1n) is 31.7. The second-order valence-corrected chi connectivity index (χ2v) is 24.2. The molecule has 0 radical (unpaired) electrons. The van der Waals surface area contributed by atoms with Crippen molar-refractivity contribution in [1.82, 2.24) is 5.32 Å². The number of phosphoric acid groups is 1. The van der Waals surface area contributed by atoms with Gasteiger partial charge >= 0.3 is 0 Å². The molecule has 3 atom stereocenters. The maximum Gasteiger partial charge on any atom is 0.268 e. The van der Waals surface area contributed by atoms with Gasteiger partial charge < -0.3 is 28.8 Å². The van der Waals surface area contributed by atoms with E-state index in [0.29, 0.717) is 17.4 Å². The molecule has 9 heteroatoms. The number of carbonyl (C=O) groups is 1. The first-order chi connectivity index (χ1) is 36.0. The van der Waals surface area contributed by atoms with Crippen molar-refractivity contribution in [3.63, 3.8) is 0 Å². The molecule has 2 N–H and O–H groups in total. The molecule has 0 aliphatic carbocycles. The van der Waals surface area contributed by atoms with Crippen LogP contribution in [0.25, 0.3) is 0 Å². The average Bonchev–Trinajstić information content (AvgIpc) is 3.36. The van der Waals surface area contributed by atoms with E-state index in [-0.39, 0.29) is 12.5 Å². The number of quaternary nitrogens is 1. The molecule has 0 aromatic rings. The summed E-state index contributed by atoms with van der Waals surface area (Å²) in [7, 11) is 1.25. The fraction of sp³-hybridized carbons (Fsp3) is 0.831. The summed E-state index contributed by atoms with van der Waals surface area (Å²) in [5.41, 5.74) is 0. The number of hydrogen-bond donors (Lipinski definition) is 2. The molecular weight excluding hydrogens is 936 g/mol. The van der Waals surface area contributed by atoms with Gasteiger partial charge in [-0.3, -0.25) is 9.36 Å². The SMILES string of the molecule is CCCCCCC/C=C\C/C=C\C/C=C\CCCCCCCCCCCCCCCCCCCCC(=O)NC(COP(=O)([O-])OCC[N+](C)(C)C)C(O)/C=C/CC/C=C/CCCCCCCCCCCCCCC. The Balaban J connectivity index is 4.09. The molecule has 0 bridgehead atoms. The number of unbranched alkanes of at least 4 members (excludes halogenated alkanes) is 37. The lowest BCUT2D eigenvalue weighted by molar-refractivity contribution is -0.870. The molecule has 0 rings (SSSR count). The van der Waals surface area contributed by atoms with E-state index in [9.17, 15) is 19.4 Å². The van der Waals surface area contributed by atoms with Crippen LogP contribution in [0.15, 0.2) is 60.8 Å². The zero-order chi connectivity index (χ0) is 54.2. The summed E-state index contributed by atoms with van der Waals surface area (Å²) < 4.78 is 23.4. The summed E-state index contributed by atoms with van der Waals surface area (Å²) >= 11 is 0. The molecule has 0 saturated heterocycles. The number of likely N-dealkylation sites (N-methyl/N-ethyl adjacent to an activating group) is 1. The fourth-order valence-electron chi connectivity index (χ4n) is 9.24. The van der Waals surface area contributed by atoms with Gasteiger partial charge in [0.2, 0.25) is 5.91 Å². The van der Waals surface area contributed by atoms with Crippen molar-refractivity contribution in [1.29, 1.82) is 0 Å². The number of amides is 1. The van der Waals surface area contributed by atoms with Gasteiger partial charge in [-0.2, -0.15) is 0 Å². The third-order valence-electron chi connectivity index (χ3n) is 14.2. The zero-order valence-corrected chi connectivity index (χ0v) is 50.4. The summed E-state index contributed by atoms with van der Waals surface area (Å²) in [6.07, 6.45) is 76.1. The minimum absolute atomic E-state index is 0.00650. The molecule has 434 valence electrons. The number of hydrogen-bond acceptors (Lipinski definition) is 6. The van der Waals surface area contributed by atoms with Gasteiger partial charge in [-0.05, 0) is 70.6 Å². The van der Waals surface area contributed by atoms with E-state index in [2.05, 4.69) is 67.8 Å². The molecular formula is C65H123N2O6P. The summed E-state index contributed by atoms with van der Waals surface area (Å²) in [4.78, 5) is 25.5. The van der Waals surface area contributed by atoms with Crippen LogP contribution < -0.4 is 10.2 Å². The van der Waals surface area contributed by atoms with Gasteiger partial charge in [0.05, 0.1) is 39.9 Å². The number of allylic oxidation sites excluding steroid dienone is 9. The van der Waals surface area contributed by atoms with Crippen LogP contribution in [0.3, 0.4) is 0 Å². The molecule has 0 aliphatic rings. The minimum Gasteiger partial charge on any atom is -0.756 e. The largest absolute Gasteiger partial charge is 0.756 e. The topological polar surface area (TPSA) is 108 Å². The quantitative estimate of drug-likeness (QED) is 0.0272. The number of aliphatic hydroxyl groups is 1. The highest BCUT2D eigenvalue weighted by atomic mass is 31.2. The van der Waals surface area contributed by atoms with Crippen molar-refractivity contribution in [2.45, 2.75) is 309 Å². The predicted molar refractivity (Wildman–Crippen MR) is 321 cm³/mol. The number of aliphatic hydroxyl groups excluding tert-OH is 1. The normalized spacial score (nSPS) is 14.2. The van der Waals surface area contributed by atoms with Gasteiger partial charge in [0.25, 0.3) is 7.82 Å². The van der Waals surface area contributed by atoms with Gasteiger partial charge in [-0.25, -0.2) is 0 Å². The molecule has 74 heavy (non-hydrogen) atoms. The number of carbonyl (C=O) groups excluding carboxylic acids is 1. The van der Waals surface area contributed by atoms with E-state index < -0.39 is 26.6 Å². The van der Waals surface area contributed by atoms with Crippen LogP contribution in [0.1, 0.15) is 296 Å². The molecule has 0 aromatic carbocycles. The van der Waals surface area contributed by atoms with Crippen LogP contribution >= 0.6 is 7.82 Å². The van der Waals surface area contributed by atoms with E-state index in [1.165, 1.54) is 225 Å². The van der Waals surface area contributed by atoms with Gasteiger partial charge in [0, 0.05) is 6.42 Å². The summed E-state index contributed by atoms with van der Waals surface area (Å²) in [6.45, 7) is 4.64. The van der Waals surface area contributed by atoms with Crippen LogP contribution in [0.5, 0.6) is 0 Å². The van der Waals surface area contributed by atoms with E-state index in [0.717, 1.165) is 51.4 Å². The molecule has 0 saturated carbocycles. The number of nitrogens with one attached hydrogen (secondary N) is 1. The Bertz CT molecular complexity index is 1390. The Hall–Kier alpha value is -1.80. The third-order valence-corrected chi connectivity index (χ3v) is 15.2. The minimum atomic E-state index is -4.61. The molecule has 0 fully saturated rings. The summed E-state index contributed by atoms with van der Waals surface area (Å²) in [6, 6.07) is -0.905. The van der Waals surface area contributed by atoms with Gasteiger partial charge in [-0.15, -0.1) is 0 Å². The maximum atomic E-state index is 13.0. The Kier molecular flexibility index (Phi) is 54.6. The highest BCUT2D eigenvalue weighted by Crippen LogP contribution is 2.38. The smallest absolute Gasteiger partial charge is 0.268 e. The van der Waals surface area contributed by atoms with Crippen LogP contribution in [-0.4, -0.2) is 68.5 Å². The van der Waals surface area contributed by atoms with E-state index >= 15 is 0 Å². The molecule has 0 aromatic heterocycles. The van der Waals surface area contributed by atoms with Crippen molar-refractivity contribution in [2.24, 2.45) is 0 Å². The van der Waals surface area contributed by atoms with Crippen molar-refractivity contribution in [3.05, 3.63) is 60.8 Å². The van der Waals surface area contributed by atoms with Crippen LogP contribution in [0.2, 0.25) is 0 Å². The predicted octanol–water partition coefficient (Wildman–Crippen LogP) is 19.0. The van der Waals surface area contributed by atoms with E-state index in [4.69, 9.17) is 9.05 Å². The lowest BCUT2D eigenvalue weighted by atomic mass is 10.0. The highest BCUT2D eigenvalue weighted by Gasteiger charge is 2.23. The Morgan fingerprint density at radius 3 is 1.19 bits per heavy atom. The molecule has 0 heterocycles. The van der Waals surface area contributed by atoms with Crippen molar-refractivity contribution in [2.75, 3.05) is 40.9 Å². The van der Waals surface area contributed by atoms with Gasteiger partial charge in [0.1, 0.15) is 13.2 Å². The first kappa shape index (κ1) is 72.2. The van der Waals surface area contributed by atoms with Crippen LogP contribution in [-0.2, 0) is 18.4 Å². The first-order valence-corrected chi connectivity index (χ1v) is 33.1. The van der Waals surface area contributed by atoms with Crippen molar-refractivity contribution >= 4 is 13.7 Å². The fourth-order valence-corrected chi connectivity index (χ4v) is 9.96. The van der Waals surface area contributed by atoms with E-state index in [1.54, 1.807) is 6.08 Å². The van der Waals surface area contributed by atoms with Gasteiger partial charge in [0.15, 0.2) is 0 Å². The molecule has 1 amide bonds. The Morgan fingerprint density at radius 2 is 0.797 bits per heavy atom. The third kappa shape index (κ3) is 57.9. The standard InChI is InChI=1S/C65H123N2O6P/c1-6-8-10-12-14-16-18-20-22-24-26-27-28-29-30-31-32-33-34-35-36-37-38-39-41-43-45-47-49-51-53-55-57-59-65(69)66-63(62-73-74(70,71)72-61-60-67(3,4)5)64(68)58-56-54-52-50-48-46-44-42-40-25-23-21-19-17-15-13-11-9-7-2/h18,20,24,26,28-29,48,50,56,58,63-64,68H,6-17,19,21-23,25,27,30-47,49,51-55,57,59-62H2,1-5H3,(H-,66,69,70,71)/b20-18-,26-24-,29-28-,50-48+,58-56+. The molecule has 0 aliphatic heterocycles. The summed E-state index contributed by atoms with van der Waals surface area (Å²) in [5.74, 6) is -0.204. The second-order valence-electron chi connectivity index (χ2n) is 22.8. The molecule has 3 unspecified atom stereocenters. The van der Waals surface area contributed by atoms with Crippen LogP contribution in [0.4, 0.5) is 0 Å². The van der Waals surface area contributed by atoms with Crippen molar-refractivity contribution in [3.8, 4) is 0 Å². The number of phosphoric ester groups is 1. The Morgan fingerprint density at radius 1 is 0.473 bits per heavy atom. The number of rotatable bonds is 58. The van der Waals surface area contributed by atoms with Gasteiger partial charge in [-0.1, -0.05) is 280 Å². The lowest BCUT2D eigenvalue weighted by Gasteiger charge is -2.29. The summed E-state index contributed by atoms with van der Waals surface area (Å²) in [5, 5.41) is 13.9. The Labute approximate surface area is 460 Å². The highest BCUT2D eigenvalue weighted by molar-refractivity contribution is 7.45. The lowest BCUT2D eigenvalue weighted by Crippen LogP contribution is -2.45. The van der Waals surface area contributed by atoms with E-state index in [1.807, 2.05) is 27.2 Å². The number of nitrogens with zero attached hydrogens (tertiary/aromatic N) is 1.